The molecule has 0 bridgehead atoms. The molecule has 2 rings (SSSR count). The van der Waals surface area contributed by atoms with Crippen LogP contribution in [0.25, 0.3) is 0 Å². The lowest BCUT2D eigenvalue weighted by Crippen LogP contribution is -2.29. The smallest absolute Gasteiger partial charge is 0.283 e. The summed E-state index contributed by atoms with van der Waals surface area (Å²) in [6.45, 7) is 7.63. The van der Waals surface area contributed by atoms with Gasteiger partial charge < -0.3 is 15.3 Å². The van der Waals surface area contributed by atoms with Gasteiger partial charge in [-0.2, -0.15) is 5.10 Å². The molecule has 0 aromatic carbocycles. The van der Waals surface area contributed by atoms with Gasteiger partial charge in [-0.25, -0.2) is 4.68 Å². The molecule has 1 aromatic heterocycles. The summed E-state index contributed by atoms with van der Waals surface area (Å²) in [6.07, 6.45) is 2.81. The topological polar surface area (TPSA) is 70.4 Å². The molecule has 1 aliphatic rings. The molecule has 0 aliphatic carbocycles. The van der Waals surface area contributed by atoms with E-state index in [0.29, 0.717) is 16.4 Å². The van der Waals surface area contributed by atoms with E-state index in [0.717, 1.165) is 25.3 Å². The lowest BCUT2D eigenvalue weighted by Gasteiger charge is -2.20. The highest BCUT2D eigenvalue weighted by atomic mass is 79.9. The van der Waals surface area contributed by atoms with Crippen molar-refractivity contribution in [1.82, 2.24) is 14.7 Å². The molecule has 0 amide bonds. The normalized spacial score (nSPS) is 19.4. The van der Waals surface area contributed by atoms with Gasteiger partial charge in [-0.3, -0.25) is 4.79 Å². The summed E-state index contributed by atoms with van der Waals surface area (Å²) in [5.74, 6) is 0.596. The molecule has 7 heteroatoms. The number of halogens is 1. The second-order valence-corrected chi connectivity index (χ2v) is 6.54. The number of aliphatic hydroxyl groups excluding tert-OH is 1. The zero-order valence-corrected chi connectivity index (χ0v) is 14.1. The molecule has 1 aliphatic heterocycles. The number of nitrogens with zero attached hydrogens (tertiary/aromatic N) is 3. The zero-order chi connectivity index (χ0) is 15.4. The largest absolute Gasteiger partial charge is 0.394 e. The monoisotopic (exact) mass is 358 g/mol. The molecule has 21 heavy (non-hydrogen) atoms. The van der Waals surface area contributed by atoms with Crippen LogP contribution < -0.4 is 10.9 Å². The lowest BCUT2D eigenvalue weighted by molar-refractivity contribution is 0.265. The maximum atomic E-state index is 12.0. The molecule has 0 spiro atoms. The number of aliphatic hydroxyl groups is 1. The van der Waals surface area contributed by atoms with Gasteiger partial charge in [0.2, 0.25) is 0 Å². The third kappa shape index (κ3) is 4.05. The Morgan fingerprint density at radius 2 is 2.33 bits per heavy atom. The summed E-state index contributed by atoms with van der Waals surface area (Å²) >= 11 is 3.32. The molecule has 2 N–H and O–H groups in total. The van der Waals surface area contributed by atoms with Crippen LogP contribution in [-0.2, 0) is 6.54 Å². The number of rotatable bonds is 6. The van der Waals surface area contributed by atoms with Crippen LogP contribution in [-0.4, -0.2) is 52.1 Å². The fourth-order valence-corrected chi connectivity index (χ4v) is 3.04. The van der Waals surface area contributed by atoms with Crippen LogP contribution in [0.4, 0.5) is 5.69 Å². The number of hydrogen-bond donors (Lipinski definition) is 2. The van der Waals surface area contributed by atoms with E-state index in [4.69, 9.17) is 5.11 Å². The van der Waals surface area contributed by atoms with Crippen molar-refractivity contribution in [1.29, 1.82) is 0 Å². The Morgan fingerprint density at radius 3 is 2.95 bits per heavy atom. The predicted molar refractivity (Wildman–Crippen MR) is 86.6 cm³/mol. The van der Waals surface area contributed by atoms with E-state index in [-0.39, 0.29) is 18.7 Å². The van der Waals surface area contributed by atoms with E-state index in [9.17, 15) is 4.79 Å². The second kappa shape index (κ2) is 7.38. The maximum Gasteiger partial charge on any atom is 0.283 e. The van der Waals surface area contributed by atoms with E-state index in [2.05, 4.69) is 45.1 Å². The summed E-state index contributed by atoms with van der Waals surface area (Å²) in [7, 11) is 0. The number of aromatic nitrogens is 2. The van der Waals surface area contributed by atoms with Gasteiger partial charge in [-0.1, -0.05) is 0 Å². The van der Waals surface area contributed by atoms with Crippen LogP contribution in [0.15, 0.2) is 15.5 Å². The van der Waals surface area contributed by atoms with Crippen molar-refractivity contribution in [2.45, 2.75) is 32.9 Å². The van der Waals surface area contributed by atoms with Crippen molar-refractivity contribution in [2.75, 3.05) is 31.6 Å². The Labute approximate surface area is 133 Å². The Kier molecular flexibility index (Phi) is 5.78. The van der Waals surface area contributed by atoms with Gasteiger partial charge in [0.05, 0.1) is 25.0 Å². The fraction of sp³-hybridized carbons (Fsp3) is 0.714. The van der Waals surface area contributed by atoms with Crippen LogP contribution >= 0.6 is 15.9 Å². The van der Waals surface area contributed by atoms with Crippen LogP contribution in [0, 0.1) is 5.92 Å². The molecule has 6 nitrogen and oxygen atoms in total. The molecular weight excluding hydrogens is 336 g/mol. The van der Waals surface area contributed by atoms with Crippen molar-refractivity contribution >= 4 is 21.6 Å². The van der Waals surface area contributed by atoms with E-state index < -0.39 is 0 Å². The quantitative estimate of drug-likeness (QED) is 0.797. The van der Waals surface area contributed by atoms with Crippen molar-refractivity contribution in [3.8, 4) is 0 Å². The van der Waals surface area contributed by atoms with Crippen LogP contribution in [0.5, 0.6) is 0 Å². The maximum absolute atomic E-state index is 12.0. The average Bonchev–Trinajstić information content (AvgIpc) is 2.92. The van der Waals surface area contributed by atoms with Gasteiger partial charge in [0.15, 0.2) is 0 Å². The summed E-state index contributed by atoms with van der Waals surface area (Å²) < 4.78 is 1.73. The zero-order valence-electron chi connectivity index (χ0n) is 12.5. The van der Waals surface area contributed by atoms with Crippen molar-refractivity contribution in [3.05, 3.63) is 21.0 Å². The summed E-state index contributed by atoms with van der Waals surface area (Å²) in [5.41, 5.74) is 0.501. The van der Waals surface area contributed by atoms with Gasteiger partial charge in [-0.15, -0.1) is 0 Å². The van der Waals surface area contributed by atoms with Crippen LogP contribution in [0.1, 0.15) is 20.3 Å². The molecule has 1 atom stereocenters. The van der Waals surface area contributed by atoms with Crippen LogP contribution in [0.3, 0.4) is 0 Å². The Bertz CT molecular complexity index is 532. The minimum absolute atomic E-state index is 0.0980. The highest BCUT2D eigenvalue weighted by Gasteiger charge is 2.24. The Balaban J connectivity index is 1.95. The first kappa shape index (κ1) is 16.5. The van der Waals surface area contributed by atoms with E-state index in [1.807, 2.05) is 0 Å². The number of likely N-dealkylation sites (tertiary alicyclic amines) is 1. The molecule has 1 aromatic rings. The van der Waals surface area contributed by atoms with Gasteiger partial charge >= 0.3 is 0 Å². The Morgan fingerprint density at radius 1 is 1.57 bits per heavy atom. The summed E-state index contributed by atoms with van der Waals surface area (Å²) in [4.78, 5) is 14.5. The average molecular weight is 359 g/mol. The molecule has 0 saturated carbocycles. The van der Waals surface area contributed by atoms with Crippen molar-refractivity contribution in [3.63, 3.8) is 0 Å². The van der Waals surface area contributed by atoms with Gasteiger partial charge in [0.1, 0.15) is 4.47 Å². The SMILES string of the molecule is CC(C)N1CCC(CNc2cnn(CCO)c(=O)c2Br)C1. The molecule has 118 valence electrons. The number of nitrogens with one attached hydrogen (secondary N) is 1. The number of anilines is 1. The highest BCUT2D eigenvalue weighted by Crippen LogP contribution is 2.21. The Hall–Kier alpha value is -0.920. The molecule has 1 unspecified atom stereocenters. The van der Waals surface area contributed by atoms with E-state index in [1.54, 1.807) is 6.20 Å². The number of hydrogen-bond acceptors (Lipinski definition) is 5. The minimum atomic E-state index is -0.218. The van der Waals surface area contributed by atoms with Crippen molar-refractivity contribution < 1.29 is 5.11 Å². The molecule has 0 radical (unpaired) electrons. The van der Waals surface area contributed by atoms with Gasteiger partial charge in [0.25, 0.3) is 5.56 Å². The van der Waals surface area contributed by atoms with Crippen molar-refractivity contribution in [2.24, 2.45) is 5.92 Å². The lowest BCUT2D eigenvalue weighted by atomic mass is 10.1. The third-order valence-corrected chi connectivity index (χ3v) is 4.69. The standard InChI is InChI=1S/C14H23BrN4O2/c1-10(2)18-4-3-11(9-18)7-16-12-8-17-19(5-6-20)14(21)13(12)15/h8,10-11,16,20H,3-7,9H2,1-2H3. The second-order valence-electron chi connectivity index (χ2n) is 5.75. The highest BCUT2D eigenvalue weighted by molar-refractivity contribution is 9.10. The van der Waals surface area contributed by atoms with Crippen LogP contribution in [0.2, 0.25) is 0 Å². The molecule has 2 heterocycles. The summed E-state index contributed by atoms with van der Waals surface area (Å²) in [5, 5.41) is 16.3. The van der Waals surface area contributed by atoms with Gasteiger partial charge in [0, 0.05) is 19.1 Å². The molecular formula is C14H23BrN4O2. The minimum Gasteiger partial charge on any atom is -0.394 e. The molecule has 1 fully saturated rings. The first-order valence-electron chi connectivity index (χ1n) is 7.37. The predicted octanol–water partition coefficient (Wildman–Crippen LogP) is 1.14. The third-order valence-electron chi connectivity index (χ3n) is 3.93. The van der Waals surface area contributed by atoms with E-state index in [1.165, 1.54) is 11.1 Å². The first-order valence-corrected chi connectivity index (χ1v) is 8.16. The fourth-order valence-electron chi connectivity index (χ4n) is 2.59. The van der Waals surface area contributed by atoms with Gasteiger partial charge in [-0.05, 0) is 48.7 Å². The first-order chi connectivity index (χ1) is 10.0. The summed E-state index contributed by atoms with van der Waals surface area (Å²) in [6, 6.07) is 0.589. The van der Waals surface area contributed by atoms with E-state index >= 15 is 0 Å². The molecule has 1 saturated heterocycles.